The second-order valence-corrected chi connectivity index (χ2v) is 7.56. The second-order valence-electron chi connectivity index (χ2n) is 5.38. The molecule has 0 aliphatic carbocycles. The molecule has 1 heterocycles. The number of benzene rings is 1. The Hall–Kier alpha value is -1.47. The fourth-order valence-corrected chi connectivity index (χ4v) is 4.43. The van der Waals surface area contributed by atoms with Crippen LogP contribution in [-0.4, -0.2) is 36.5 Å². The highest BCUT2D eigenvalue weighted by Gasteiger charge is 2.37. The maximum atomic E-state index is 13.5. The van der Waals surface area contributed by atoms with Crippen LogP contribution in [0, 0.1) is 5.82 Å². The third-order valence-corrected chi connectivity index (χ3v) is 5.39. The van der Waals surface area contributed by atoms with E-state index >= 15 is 0 Å². The van der Waals surface area contributed by atoms with Crippen LogP contribution in [0.1, 0.15) is 29.3 Å². The molecule has 5 nitrogen and oxygen atoms in total. The molecule has 1 atom stereocenters. The Morgan fingerprint density at radius 1 is 1.50 bits per heavy atom. The minimum atomic E-state index is -3.00. The molecule has 1 fully saturated rings. The van der Waals surface area contributed by atoms with Crippen molar-refractivity contribution in [2.24, 2.45) is 0 Å². The average Bonchev–Trinajstić information content (AvgIpc) is 2.61. The Kier molecular flexibility index (Phi) is 3.84. The van der Waals surface area contributed by atoms with Gasteiger partial charge in [-0.15, -0.1) is 0 Å². The van der Waals surface area contributed by atoms with Gasteiger partial charge in [0.1, 0.15) is 5.82 Å². The smallest absolute Gasteiger partial charge is 0.338 e. The van der Waals surface area contributed by atoms with Gasteiger partial charge in [-0.25, -0.2) is 17.6 Å². The van der Waals surface area contributed by atoms with E-state index in [1.807, 2.05) is 6.92 Å². The summed E-state index contributed by atoms with van der Waals surface area (Å²) in [6.07, 6.45) is 0.519. The van der Waals surface area contributed by atoms with Crippen molar-refractivity contribution in [1.82, 2.24) is 5.32 Å². The number of rotatable bonds is 4. The zero-order chi connectivity index (χ0) is 15.0. The van der Waals surface area contributed by atoms with Crippen LogP contribution in [-0.2, 0) is 16.4 Å². The quantitative estimate of drug-likeness (QED) is 0.873. The van der Waals surface area contributed by atoms with Crippen molar-refractivity contribution in [3.05, 3.63) is 35.1 Å². The highest BCUT2D eigenvalue weighted by Crippen LogP contribution is 2.23. The van der Waals surface area contributed by atoms with Crippen molar-refractivity contribution in [3.8, 4) is 0 Å². The van der Waals surface area contributed by atoms with Gasteiger partial charge in [-0.2, -0.15) is 0 Å². The van der Waals surface area contributed by atoms with E-state index in [-0.39, 0.29) is 17.1 Å². The minimum Gasteiger partial charge on any atom is -0.478 e. The van der Waals surface area contributed by atoms with Gasteiger partial charge in [0.15, 0.2) is 9.84 Å². The summed E-state index contributed by atoms with van der Waals surface area (Å²) in [5.41, 5.74) is -0.303. The third kappa shape index (κ3) is 3.34. The number of halogens is 1. The average molecular weight is 301 g/mol. The van der Waals surface area contributed by atoms with E-state index in [4.69, 9.17) is 5.11 Å². The van der Waals surface area contributed by atoms with Crippen LogP contribution in [0.15, 0.2) is 18.2 Å². The standard InChI is InChI=1S/C13H16FNO4S/c1-13(4-5-20(18,19)8-13)15-7-9-2-3-10(12(16)17)11(14)6-9/h2-3,6,15H,4-5,7-8H2,1H3,(H,16,17). The molecular weight excluding hydrogens is 285 g/mol. The molecule has 2 N–H and O–H groups in total. The van der Waals surface area contributed by atoms with Crippen LogP contribution in [0.5, 0.6) is 0 Å². The molecule has 1 aromatic rings. The van der Waals surface area contributed by atoms with E-state index < -0.39 is 27.2 Å². The van der Waals surface area contributed by atoms with Gasteiger partial charge >= 0.3 is 5.97 Å². The van der Waals surface area contributed by atoms with Crippen LogP contribution < -0.4 is 5.32 Å². The molecule has 1 unspecified atom stereocenters. The Balaban J connectivity index is 2.05. The Bertz CT molecular complexity index is 644. The third-order valence-electron chi connectivity index (χ3n) is 3.49. The SMILES string of the molecule is CC1(NCc2ccc(C(=O)O)c(F)c2)CCS(=O)(=O)C1. The van der Waals surface area contributed by atoms with Crippen molar-refractivity contribution in [2.75, 3.05) is 11.5 Å². The van der Waals surface area contributed by atoms with Crippen molar-refractivity contribution >= 4 is 15.8 Å². The topological polar surface area (TPSA) is 83.5 Å². The van der Waals surface area contributed by atoms with Gasteiger partial charge in [-0.1, -0.05) is 6.07 Å². The lowest BCUT2D eigenvalue weighted by atomic mass is 10.0. The first-order valence-electron chi connectivity index (χ1n) is 6.18. The molecule has 2 rings (SSSR count). The van der Waals surface area contributed by atoms with E-state index in [0.29, 0.717) is 18.5 Å². The number of carbonyl (C=O) groups is 1. The number of carboxylic acids is 1. The summed E-state index contributed by atoms with van der Waals surface area (Å²) in [6, 6.07) is 3.89. The van der Waals surface area contributed by atoms with Gasteiger partial charge in [0.25, 0.3) is 0 Å². The maximum Gasteiger partial charge on any atom is 0.338 e. The highest BCUT2D eigenvalue weighted by atomic mass is 32.2. The molecule has 0 amide bonds. The lowest BCUT2D eigenvalue weighted by molar-refractivity contribution is 0.0692. The summed E-state index contributed by atoms with van der Waals surface area (Å²) in [7, 11) is -3.00. The van der Waals surface area contributed by atoms with E-state index in [1.165, 1.54) is 12.1 Å². The number of carboxylic acid groups (broad SMARTS) is 1. The summed E-state index contributed by atoms with van der Waals surface area (Å²) in [5, 5.41) is 11.8. The molecular formula is C13H16FNO4S. The molecule has 7 heteroatoms. The van der Waals surface area contributed by atoms with E-state index in [0.717, 1.165) is 6.07 Å². The molecule has 20 heavy (non-hydrogen) atoms. The second kappa shape index (κ2) is 5.14. The van der Waals surface area contributed by atoms with Crippen LogP contribution in [0.4, 0.5) is 4.39 Å². The lowest BCUT2D eigenvalue weighted by Crippen LogP contribution is -2.42. The molecule has 0 bridgehead atoms. The van der Waals surface area contributed by atoms with Gasteiger partial charge in [-0.3, -0.25) is 0 Å². The van der Waals surface area contributed by atoms with Crippen molar-refractivity contribution < 1.29 is 22.7 Å². The Labute approximate surface area is 116 Å². The molecule has 0 saturated carbocycles. The minimum absolute atomic E-state index is 0.0652. The molecule has 1 aromatic carbocycles. The van der Waals surface area contributed by atoms with E-state index in [1.54, 1.807) is 0 Å². The summed E-state index contributed by atoms with van der Waals surface area (Å²) in [6.45, 7) is 2.11. The van der Waals surface area contributed by atoms with Gasteiger partial charge in [0.2, 0.25) is 0 Å². The molecule has 1 aliphatic rings. The fraction of sp³-hybridized carbons (Fsp3) is 0.462. The molecule has 0 spiro atoms. The van der Waals surface area contributed by atoms with Gasteiger partial charge in [-0.05, 0) is 31.0 Å². The largest absolute Gasteiger partial charge is 0.478 e. The van der Waals surface area contributed by atoms with Crippen LogP contribution in [0.2, 0.25) is 0 Å². The summed E-state index contributed by atoms with van der Waals surface area (Å²) in [5.74, 6) is -1.88. The first-order chi connectivity index (χ1) is 9.21. The highest BCUT2D eigenvalue weighted by molar-refractivity contribution is 7.91. The molecule has 110 valence electrons. The zero-order valence-electron chi connectivity index (χ0n) is 11.0. The van der Waals surface area contributed by atoms with Crippen molar-refractivity contribution in [1.29, 1.82) is 0 Å². The monoisotopic (exact) mass is 301 g/mol. The molecule has 0 radical (unpaired) electrons. The number of aromatic carboxylic acids is 1. The first-order valence-corrected chi connectivity index (χ1v) is 8.00. The maximum absolute atomic E-state index is 13.5. The predicted molar refractivity (Wildman–Crippen MR) is 71.9 cm³/mol. The molecule has 1 aliphatic heterocycles. The number of hydrogen-bond donors (Lipinski definition) is 2. The lowest BCUT2D eigenvalue weighted by Gasteiger charge is -2.24. The summed E-state index contributed by atoms with van der Waals surface area (Å²) in [4.78, 5) is 10.7. The van der Waals surface area contributed by atoms with Gasteiger partial charge in [0.05, 0.1) is 17.1 Å². The zero-order valence-corrected chi connectivity index (χ0v) is 11.8. The fourth-order valence-electron chi connectivity index (χ4n) is 2.31. The number of nitrogens with one attached hydrogen (secondary N) is 1. The van der Waals surface area contributed by atoms with E-state index in [2.05, 4.69) is 5.32 Å². The Morgan fingerprint density at radius 3 is 2.70 bits per heavy atom. The predicted octanol–water partition coefficient (Wildman–Crippen LogP) is 1.19. The normalized spacial score (nSPS) is 24.7. The van der Waals surface area contributed by atoms with Gasteiger partial charge < -0.3 is 10.4 Å². The summed E-state index contributed by atoms with van der Waals surface area (Å²) < 4.78 is 36.4. The van der Waals surface area contributed by atoms with Crippen LogP contribution in [0.3, 0.4) is 0 Å². The number of sulfone groups is 1. The van der Waals surface area contributed by atoms with E-state index in [9.17, 15) is 17.6 Å². The van der Waals surface area contributed by atoms with Crippen LogP contribution in [0.25, 0.3) is 0 Å². The first kappa shape index (κ1) is 14.9. The van der Waals surface area contributed by atoms with Crippen LogP contribution >= 0.6 is 0 Å². The van der Waals surface area contributed by atoms with Gasteiger partial charge in [0, 0.05) is 12.1 Å². The number of hydrogen-bond acceptors (Lipinski definition) is 4. The summed E-state index contributed by atoms with van der Waals surface area (Å²) >= 11 is 0. The molecule has 0 aromatic heterocycles. The molecule has 1 saturated heterocycles. The van der Waals surface area contributed by atoms with Crippen molar-refractivity contribution in [3.63, 3.8) is 0 Å². The Morgan fingerprint density at radius 2 is 2.20 bits per heavy atom. The van der Waals surface area contributed by atoms with Crippen molar-refractivity contribution in [2.45, 2.75) is 25.4 Å².